The molecule has 0 spiro atoms. The van der Waals surface area contributed by atoms with E-state index in [0.717, 1.165) is 25.1 Å². The summed E-state index contributed by atoms with van der Waals surface area (Å²) in [5.41, 5.74) is 6.04. The van der Waals surface area contributed by atoms with Gasteiger partial charge in [0.25, 0.3) is 0 Å². The maximum Gasteiger partial charge on any atom is 0.166 e. The van der Waals surface area contributed by atoms with Crippen LogP contribution in [0.2, 0.25) is 0 Å². The first-order valence-electron chi connectivity index (χ1n) is 7.71. The van der Waals surface area contributed by atoms with Crippen LogP contribution in [0.3, 0.4) is 0 Å². The van der Waals surface area contributed by atoms with E-state index >= 15 is 0 Å². The number of rotatable bonds is 4. The van der Waals surface area contributed by atoms with Crippen molar-refractivity contribution in [3.05, 3.63) is 0 Å². The Morgan fingerprint density at radius 3 is 2.80 bits per heavy atom. The quantitative estimate of drug-likeness (QED) is 0.854. The first-order valence-corrected chi connectivity index (χ1v) is 10.6. The molecule has 1 aliphatic carbocycles. The highest BCUT2D eigenvalue weighted by Crippen LogP contribution is 2.40. The average molecular weight is 321 g/mol. The Kier molecular flexibility index (Phi) is 5.43. The lowest BCUT2D eigenvalue weighted by molar-refractivity contribution is 0.0355. The molecule has 2 rings (SSSR count). The molecule has 0 aromatic heterocycles. The van der Waals surface area contributed by atoms with Gasteiger partial charge in [-0.3, -0.25) is 4.90 Å². The van der Waals surface area contributed by atoms with Crippen LogP contribution >= 0.6 is 11.8 Å². The first kappa shape index (κ1) is 16.6. The van der Waals surface area contributed by atoms with E-state index in [9.17, 15) is 8.42 Å². The number of nitrogens with two attached hydrogens (primary N) is 1. The van der Waals surface area contributed by atoms with Crippen LogP contribution in [0, 0.1) is 5.92 Å². The van der Waals surface area contributed by atoms with Gasteiger partial charge in [0.2, 0.25) is 0 Å². The average Bonchev–Trinajstić information content (AvgIpc) is 2.47. The minimum absolute atomic E-state index is 0.0917. The van der Waals surface area contributed by atoms with E-state index in [1.807, 2.05) is 0 Å². The molecule has 2 fully saturated rings. The lowest BCUT2D eigenvalue weighted by Crippen LogP contribution is -2.63. The summed E-state index contributed by atoms with van der Waals surface area (Å²) in [6.45, 7) is 5.47. The second kappa shape index (κ2) is 6.55. The summed E-state index contributed by atoms with van der Waals surface area (Å²) in [6, 6.07) is 0. The van der Waals surface area contributed by atoms with E-state index in [2.05, 4.69) is 11.8 Å². The summed E-state index contributed by atoms with van der Waals surface area (Å²) >= 11 is 1.76. The first-order chi connectivity index (χ1) is 9.45. The largest absolute Gasteiger partial charge is 0.329 e. The van der Waals surface area contributed by atoms with Crippen molar-refractivity contribution in [1.29, 1.82) is 0 Å². The van der Waals surface area contributed by atoms with Crippen molar-refractivity contribution in [1.82, 2.24) is 4.90 Å². The molecule has 0 amide bonds. The van der Waals surface area contributed by atoms with Crippen LogP contribution in [-0.4, -0.2) is 54.6 Å². The van der Waals surface area contributed by atoms with Crippen LogP contribution in [0.1, 0.15) is 39.5 Å². The van der Waals surface area contributed by atoms with Gasteiger partial charge in [-0.15, -0.1) is 0 Å². The molecular formula is C14H28N2O2S2. The molecule has 6 heteroatoms. The van der Waals surface area contributed by atoms with Gasteiger partial charge in [0.1, 0.15) is 5.37 Å². The Labute approximate surface area is 127 Å². The zero-order valence-corrected chi connectivity index (χ0v) is 14.3. The van der Waals surface area contributed by atoms with Gasteiger partial charge in [-0.2, -0.15) is 11.8 Å². The Morgan fingerprint density at radius 2 is 2.20 bits per heavy atom. The predicted octanol–water partition coefficient (Wildman–Crippen LogP) is 1.70. The van der Waals surface area contributed by atoms with Crippen LogP contribution in [0.5, 0.6) is 0 Å². The molecule has 0 aromatic rings. The Bertz CT molecular complexity index is 427. The SMILES string of the molecule is CCS(=O)(=O)C1CSCCN1C1(CN)CCCC(C)C1. The molecule has 0 radical (unpaired) electrons. The lowest BCUT2D eigenvalue weighted by atomic mass is 9.75. The van der Waals surface area contributed by atoms with Crippen molar-refractivity contribution in [2.24, 2.45) is 11.7 Å². The fourth-order valence-electron chi connectivity index (χ4n) is 3.81. The number of hydrogen-bond donors (Lipinski definition) is 1. The normalized spacial score (nSPS) is 37.0. The maximum atomic E-state index is 12.5. The van der Waals surface area contributed by atoms with Crippen molar-refractivity contribution in [3.63, 3.8) is 0 Å². The van der Waals surface area contributed by atoms with E-state index in [1.54, 1.807) is 18.7 Å². The third-order valence-electron chi connectivity index (χ3n) is 4.96. The molecule has 3 atom stereocenters. The highest BCUT2D eigenvalue weighted by Gasteiger charge is 2.46. The monoisotopic (exact) mass is 320 g/mol. The molecular weight excluding hydrogens is 292 g/mol. The van der Waals surface area contributed by atoms with E-state index in [0.29, 0.717) is 18.2 Å². The topological polar surface area (TPSA) is 63.4 Å². The third-order valence-corrected chi connectivity index (χ3v) is 8.25. The van der Waals surface area contributed by atoms with Gasteiger partial charge in [-0.05, 0) is 18.8 Å². The molecule has 2 aliphatic rings. The van der Waals surface area contributed by atoms with E-state index in [1.165, 1.54) is 12.8 Å². The van der Waals surface area contributed by atoms with E-state index in [-0.39, 0.29) is 16.7 Å². The molecule has 0 aromatic carbocycles. The minimum Gasteiger partial charge on any atom is -0.329 e. The van der Waals surface area contributed by atoms with Gasteiger partial charge in [0, 0.05) is 35.9 Å². The highest BCUT2D eigenvalue weighted by molar-refractivity contribution is 8.01. The number of hydrogen-bond acceptors (Lipinski definition) is 5. The highest BCUT2D eigenvalue weighted by atomic mass is 32.2. The van der Waals surface area contributed by atoms with Crippen LogP contribution in [-0.2, 0) is 9.84 Å². The Morgan fingerprint density at radius 1 is 1.45 bits per heavy atom. The van der Waals surface area contributed by atoms with Crippen LogP contribution < -0.4 is 5.73 Å². The van der Waals surface area contributed by atoms with Crippen molar-refractivity contribution in [3.8, 4) is 0 Å². The van der Waals surface area contributed by atoms with Crippen LogP contribution in [0.4, 0.5) is 0 Å². The summed E-state index contributed by atoms with van der Waals surface area (Å²) in [5.74, 6) is 2.59. The predicted molar refractivity (Wildman–Crippen MR) is 86.7 cm³/mol. The summed E-state index contributed by atoms with van der Waals surface area (Å²) < 4.78 is 24.9. The summed E-state index contributed by atoms with van der Waals surface area (Å²) in [7, 11) is -3.04. The van der Waals surface area contributed by atoms with Gasteiger partial charge in [0.15, 0.2) is 9.84 Å². The second-order valence-electron chi connectivity index (χ2n) is 6.30. The minimum atomic E-state index is -3.04. The molecule has 1 heterocycles. The van der Waals surface area contributed by atoms with Crippen LogP contribution in [0.15, 0.2) is 0 Å². The van der Waals surface area contributed by atoms with E-state index < -0.39 is 9.84 Å². The lowest BCUT2D eigenvalue weighted by Gasteiger charge is -2.52. The molecule has 1 saturated carbocycles. The Balaban J connectivity index is 2.30. The maximum absolute atomic E-state index is 12.5. The van der Waals surface area contributed by atoms with Crippen molar-refractivity contribution in [2.75, 3.05) is 30.3 Å². The fourth-order valence-corrected chi connectivity index (χ4v) is 6.90. The fraction of sp³-hybridized carbons (Fsp3) is 1.00. The van der Waals surface area contributed by atoms with Gasteiger partial charge < -0.3 is 5.73 Å². The molecule has 0 bridgehead atoms. The molecule has 1 saturated heterocycles. The molecule has 1 aliphatic heterocycles. The standard InChI is InChI=1S/C14H28N2O2S2/c1-3-20(17,18)13-10-19-8-7-16(13)14(11-15)6-4-5-12(2)9-14/h12-13H,3-11,15H2,1-2H3. The molecule has 118 valence electrons. The van der Waals surface area contributed by atoms with Gasteiger partial charge in [-0.1, -0.05) is 26.7 Å². The summed E-state index contributed by atoms with van der Waals surface area (Å²) in [6.07, 6.45) is 4.51. The van der Waals surface area contributed by atoms with E-state index in [4.69, 9.17) is 5.73 Å². The second-order valence-corrected chi connectivity index (χ2v) is 9.90. The summed E-state index contributed by atoms with van der Waals surface area (Å²) in [4.78, 5) is 2.26. The molecule has 2 N–H and O–H groups in total. The van der Waals surface area contributed by atoms with Gasteiger partial charge in [0.05, 0.1) is 0 Å². The Hall–Kier alpha value is 0.220. The number of nitrogens with zero attached hydrogens (tertiary/aromatic N) is 1. The smallest absolute Gasteiger partial charge is 0.166 e. The van der Waals surface area contributed by atoms with Crippen molar-refractivity contribution >= 4 is 21.6 Å². The third kappa shape index (κ3) is 3.18. The van der Waals surface area contributed by atoms with Gasteiger partial charge >= 0.3 is 0 Å². The molecule has 4 nitrogen and oxygen atoms in total. The van der Waals surface area contributed by atoms with Crippen molar-refractivity contribution < 1.29 is 8.42 Å². The van der Waals surface area contributed by atoms with Crippen LogP contribution in [0.25, 0.3) is 0 Å². The number of thioether (sulfide) groups is 1. The summed E-state index contributed by atoms with van der Waals surface area (Å²) in [5, 5.41) is -0.333. The van der Waals surface area contributed by atoms with Crippen molar-refractivity contribution in [2.45, 2.75) is 50.4 Å². The zero-order chi connectivity index (χ0) is 14.8. The molecule has 20 heavy (non-hydrogen) atoms. The zero-order valence-electron chi connectivity index (χ0n) is 12.7. The van der Waals surface area contributed by atoms with Gasteiger partial charge in [-0.25, -0.2) is 8.42 Å². The number of sulfone groups is 1. The molecule has 3 unspecified atom stereocenters.